The molecule has 0 saturated heterocycles. The fourth-order valence-corrected chi connectivity index (χ4v) is 3.33. The molecule has 1 aromatic heterocycles. The van der Waals surface area contributed by atoms with Gasteiger partial charge in [-0.1, -0.05) is 22.0 Å². The second kappa shape index (κ2) is 8.50. The van der Waals surface area contributed by atoms with E-state index in [0.29, 0.717) is 6.54 Å². The summed E-state index contributed by atoms with van der Waals surface area (Å²) in [6.45, 7) is 2.48. The van der Waals surface area contributed by atoms with E-state index < -0.39 is 0 Å². The molecule has 140 valence electrons. The Hall–Kier alpha value is -2.44. The number of hydrogen-bond acceptors (Lipinski definition) is 4. The summed E-state index contributed by atoms with van der Waals surface area (Å²) in [4.78, 5) is 19.1. The molecule has 0 aliphatic heterocycles. The molecule has 1 heterocycles. The lowest BCUT2D eigenvalue weighted by atomic mass is 10.1. The van der Waals surface area contributed by atoms with Gasteiger partial charge in [-0.15, -0.1) is 0 Å². The van der Waals surface area contributed by atoms with Crippen molar-refractivity contribution in [1.82, 2.24) is 9.88 Å². The van der Waals surface area contributed by atoms with Crippen LogP contribution in [0.2, 0.25) is 0 Å². The fraction of sp³-hybridized carbons (Fsp3) is 0.238. The molecule has 3 aromatic rings. The minimum absolute atomic E-state index is 0.0668. The van der Waals surface area contributed by atoms with E-state index >= 15 is 0 Å². The molecule has 5 nitrogen and oxygen atoms in total. The van der Waals surface area contributed by atoms with Crippen molar-refractivity contribution in [2.75, 3.05) is 19.5 Å². The maximum Gasteiger partial charge on any atom is 0.241 e. The van der Waals surface area contributed by atoms with Crippen LogP contribution in [0.15, 0.2) is 59.2 Å². The van der Waals surface area contributed by atoms with Crippen LogP contribution in [0.5, 0.6) is 5.75 Å². The van der Waals surface area contributed by atoms with Gasteiger partial charge in [-0.2, -0.15) is 0 Å². The Balaban J connectivity index is 1.74. The number of benzene rings is 2. The van der Waals surface area contributed by atoms with Crippen LogP contribution < -0.4 is 10.1 Å². The molecule has 1 atom stereocenters. The topological polar surface area (TPSA) is 54.5 Å². The lowest BCUT2D eigenvalue weighted by Gasteiger charge is -2.25. The number of carbonyl (C=O) groups excluding carboxylic acids is 1. The number of nitrogens with zero attached hydrogens (tertiary/aromatic N) is 2. The summed E-state index contributed by atoms with van der Waals surface area (Å²) in [6.07, 6.45) is 1.75. The van der Waals surface area contributed by atoms with Gasteiger partial charge in [-0.3, -0.25) is 14.7 Å². The van der Waals surface area contributed by atoms with E-state index in [-0.39, 0.29) is 11.9 Å². The summed E-state index contributed by atoms with van der Waals surface area (Å²) in [5.41, 5.74) is 2.64. The normalized spacial score (nSPS) is 12.2. The van der Waals surface area contributed by atoms with Crippen LogP contribution in [0.4, 0.5) is 5.69 Å². The summed E-state index contributed by atoms with van der Waals surface area (Å²) in [5.74, 6) is 0.737. The van der Waals surface area contributed by atoms with Crippen molar-refractivity contribution in [3.8, 4) is 5.75 Å². The highest BCUT2D eigenvalue weighted by Gasteiger charge is 2.20. The predicted molar refractivity (Wildman–Crippen MR) is 112 cm³/mol. The second-order valence-corrected chi connectivity index (χ2v) is 7.33. The first-order valence-electron chi connectivity index (χ1n) is 8.67. The number of likely N-dealkylation sites (N-methyl/N-ethyl adjacent to an activating group) is 1. The molecule has 3 rings (SSSR count). The average molecular weight is 428 g/mol. The van der Waals surface area contributed by atoms with E-state index in [4.69, 9.17) is 4.74 Å². The standard InChI is InChI=1S/C21H22BrN3O2/c1-14(25(2)13-15-12-16(22)9-10-20(15)27-3)21(26)24-19-8-4-7-18-17(19)6-5-11-23-18/h4-12,14H,13H2,1-3H3,(H,24,26). The Bertz CT molecular complexity index is 956. The Kier molecular flexibility index (Phi) is 6.08. The van der Waals surface area contributed by atoms with Crippen LogP contribution in [0, 0.1) is 0 Å². The second-order valence-electron chi connectivity index (χ2n) is 6.41. The molecule has 1 amide bonds. The first kappa shape index (κ1) is 19.3. The third-order valence-corrected chi connectivity index (χ3v) is 5.10. The quantitative estimate of drug-likeness (QED) is 0.630. The molecule has 0 aliphatic carbocycles. The molecule has 1 N–H and O–H groups in total. The molecule has 27 heavy (non-hydrogen) atoms. The summed E-state index contributed by atoms with van der Waals surface area (Å²) in [6, 6.07) is 15.1. The predicted octanol–water partition coefficient (Wildman–Crippen LogP) is 4.46. The number of hydrogen-bond donors (Lipinski definition) is 1. The number of nitrogens with one attached hydrogen (secondary N) is 1. The van der Waals surface area contributed by atoms with Crippen molar-refractivity contribution in [2.45, 2.75) is 19.5 Å². The zero-order chi connectivity index (χ0) is 19.4. The summed E-state index contributed by atoms with van der Waals surface area (Å²) >= 11 is 3.49. The molecule has 0 aliphatic rings. The number of carbonyl (C=O) groups is 1. The van der Waals surface area contributed by atoms with Crippen LogP contribution in [-0.4, -0.2) is 36.0 Å². The van der Waals surface area contributed by atoms with Crippen molar-refractivity contribution in [2.24, 2.45) is 0 Å². The van der Waals surface area contributed by atoms with E-state index in [2.05, 4.69) is 26.2 Å². The smallest absolute Gasteiger partial charge is 0.241 e. The molecule has 0 fully saturated rings. The maximum atomic E-state index is 12.8. The van der Waals surface area contributed by atoms with Crippen LogP contribution in [0.1, 0.15) is 12.5 Å². The Morgan fingerprint density at radius 1 is 1.26 bits per heavy atom. The molecule has 0 saturated carbocycles. The Labute approximate surface area is 167 Å². The number of pyridine rings is 1. The van der Waals surface area contributed by atoms with Gasteiger partial charge < -0.3 is 10.1 Å². The zero-order valence-corrected chi connectivity index (χ0v) is 17.2. The van der Waals surface area contributed by atoms with E-state index in [1.165, 1.54) is 0 Å². The maximum absolute atomic E-state index is 12.8. The molecule has 0 radical (unpaired) electrons. The lowest BCUT2D eigenvalue weighted by Crippen LogP contribution is -2.39. The van der Waals surface area contributed by atoms with E-state index in [1.54, 1.807) is 13.3 Å². The first-order chi connectivity index (χ1) is 13.0. The first-order valence-corrected chi connectivity index (χ1v) is 9.46. The molecular formula is C21H22BrN3O2. The Morgan fingerprint density at radius 2 is 2.07 bits per heavy atom. The third-order valence-electron chi connectivity index (χ3n) is 4.61. The van der Waals surface area contributed by atoms with Gasteiger partial charge in [-0.05, 0) is 56.4 Å². The van der Waals surface area contributed by atoms with Gasteiger partial charge in [0, 0.05) is 28.2 Å². The number of aromatic nitrogens is 1. The van der Waals surface area contributed by atoms with E-state index in [1.807, 2.05) is 67.4 Å². The number of amides is 1. The molecular weight excluding hydrogens is 406 g/mol. The Morgan fingerprint density at radius 3 is 2.85 bits per heavy atom. The van der Waals surface area contributed by atoms with Gasteiger partial charge in [0.1, 0.15) is 5.75 Å². The number of anilines is 1. The lowest BCUT2D eigenvalue weighted by molar-refractivity contribution is -0.120. The number of halogens is 1. The van der Waals surface area contributed by atoms with Crippen molar-refractivity contribution in [3.05, 3.63) is 64.8 Å². The van der Waals surface area contributed by atoms with Gasteiger partial charge in [0.25, 0.3) is 0 Å². The van der Waals surface area contributed by atoms with Gasteiger partial charge in [0.15, 0.2) is 0 Å². The largest absolute Gasteiger partial charge is 0.496 e. The summed E-state index contributed by atoms with van der Waals surface area (Å²) in [7, 11) is 3.58. The molecule has 0 spiro atoms. The van der Waals surface area contributed by atoms with Crippen LogP contribution in [0.25, 0.3) is 10.9 Å². The SMILES string of the molecule is COc1ccc(Br)cc1CN(C)C(C)C(=O)Nc1cccc2ncccc12. The number of fused-ring (bicyclic) bond motifs is 1. The number of methoxy groups -OCH3 is 1. The molecule has 0 bridgehead atoms. The van der Waals surface area contributed by atoms with Crippen molar-refractivity contribution >= 4 is 38.4 Å². The molecule has 1 unspecified atom stereocenters. The zero-order valence-electron chi connectivity index (χ0n) is 15.6. The van der Waals surface area contributed by atoms with Gasteiger partial charge in [0.2, 0.25) is 5.91 Å². The van der Waals surface area contributed by atoms with Crippen molar-refractivity contribution in [3.63, 3.8) is 0 Å². The van der Waals surface area contributed by atoms with Gasteiger partial charge in [0.05, 0.1) is 24.4 Å². The highest BCUT2D eigenvalue weighted by Crippen LogP contribution is 2.25. The van der Waals surface area contributed by atoms with Crippen LogP contribution in [-0.2, 0) is 11.3 Å². The molecule has 2 aromatic carbocycles. The average Bonchev–Trinajstić information content (AvgIpc) is 2.67. The highest BCUT2D eigenvalue weighted by molar-refractivity contribution is 9.10. The summed E-state index contributed by atoms with van der Waals surface area (Å²) in [5, 5.41) is 3.96. The summed E-state index contributed by atoms with van der Waals surface area (Å²) < 4.78 is 6.41. The number of rotatable bonds is 6. The van der Waals surface area contributed by atoms with Gasteiger partial charge >= 0.3 is 0 Å². The highest BCUT2D eigenvalue weighted by atomic mass is 79.9. The van der Waals surface area contributed by atoms with E-state index in [9.17, 15) is 4.79 Å². The minimum atomic E-state index is -0.319. The van der Waals surface area contributed by atoms with Crippen molar-refractivity contribution < 1.29 is 9.53 Å². The van der Waals surface area contributed by atoms with Crippen LogP contribution in [0.3, 0.4) is 0 Å². The monoisotopic (exact) mass is 427 g/mol. The number of ether oxygens (including phenoxy) is 1. The van der Waals surface area contributed by atoms with Crippen LogP contribution >= 0.6 is 15.9 Å². The van der Waals surface area contributed by atoms with Gasteiger partial charge in [-0.25, -0.2) is 0 Å². The van der Waals surface area contributed by atoms with E-state index in [0.717, 1.165) is 32.4 Å². The molecule has 6 heteroatoms. The fourth-order valence-electron chi connectivity index (χ4n) is 2.93. The van der Waals surface area contributed by atoms with Crippen molar-refractivity contribution in [1.29, 1.82) is 0 Å². The minimum Gasteiger partial charge on any atom is -0.496 e. The third kappa shape index (κ3) is 4.46.